The van der Waals surface area contributed by atoms with E-state index in [1.54, 1.807) is 0 Å². The Hall–Kier alpha value is -2.14. The Kier molecular flexibility index (Phi) is 3.22. The molecule has 4 rings (SSSR count). The minimum absolute atomic E-state index is 0.0988. The number of hydrogen-bond donors (Lipinski definition) is 2. The third kappa shape index (κ3) is 2.52. The number of anilines is 1. The van der Waals surface area contributed by atoms with Gasteiger partial charge in [0.2, 0.25) is 5.91 Å². The lowest BCUT2D eigenvalue weighted by Crippen LogP contribution is -2.23. The number of amides is 1. The summed E-state index contributed by atoms with van der Waals surface area (Å²) in [5, 5.41) is 4.09. The number of aromatic nitrogens is 2. The van der Waals surface area contributed by atoms with Gasteiger partial charge in [-0.25, -0.2) is 4.98 Å². The Bertz CT molecular complexity index is 757. The van der Waals surface area contributed by atoms with Gasteiger partial charge in [0.25, 0.3) is 0 Å². The van der Waals surface area contributed by atoms with Crippen molar-refractivity contribution in [3.8, 4) is 0 Å². The number of rotatable bonds is 3. The number of hydrogen-bond acceptors (Lipinski definition) is 3. The topological polar surface area (TPSA) is 61.0 Å². The molecule has 2 aromatic rings. The quantitative estimate of drug-likeness (QED) is 0.915. The maximum Gasteiger partial charge on any atom is 0.228 e. The maximum atomic E-state index is 12.0. The van der Waals surface area contributed by atoms with Gasteiger partial charge in [0.15, 0.2) is 0 Å². The molecular formula is C17H20N4O. The normalized spacial score (nSPS) is 19.2. The number of carbonyl (C=O) groups excluding carboxylic acids is 1. The van der Waals surface area contributed by atoms with Crippen LogP contribution >= 0.6 is 0 Å². The fourth-order valence-electron chi connectivity index (χ4n) is 2.96. The van der Waals surface area contributed by atoms with Crippen LogP contribution in [-0.2, 0) is 4.79 Å². The summed E-state index contributed by atoms with van der Waals surface area (Å²) in [4.78, 5) is 22.0. The molecule has 1 aliphatic carbocycles. The molecule has 2 N–H and O–H groups in total. The van der Waals surface area contributed by atoms with Crippen LogP contribution in [0.1, 0.15) is 24.8 Å². The van der Waals surface area contributed by atoms with Gasteiger partial charge in [-0.05, 0) is 49.6 Å². The SMILES string of the molecule is CN1CC=C(c2cc(NC(=O)C3CC3)nc3[nH]ccc23)CC1. The zero-order chi connectivity index (χ0) is 15.1. The van der Waals surface area contributed by atoms with Gasteiger partial charge >= 0.3 is 0 Å². The lowest BCUT2D eigenvalue weighted by molar-refractivity contribution is -0.117. The van der Waals surface area contributed by atoms with Crippen molar-refractivity contribution in [3.63, 3.8) is 0 Å². The van der Waals surface area contributed by atoms with E-state index in [1.807, 2.05) is 12.3 Å². The van der Waals surface area contributed by atoms with E-state index in [2.05, 4.69) is 39.4 Å². The van der Waals surface area contributed by atoms with Crippen molar-refractivity contribution in [2.24, 2.45) is 5.92 Å². The van der Waals surface area contributed by atoms with E-state index in [0.717, 1.165) is 43.4 Å². The van der Waals surface area contributed by atoms with Crippen molar-refractivity contribution in [3.05, 3.63) is 30.0 Å². The third-order valence-electron chi connectivity index (χ3n) is 4.49. The van der Waals surface area contributed by atoms with Crippen LogP contribution in [0.2, 0.25) is 0 Å². The van der Waals surface area contributed by atoms with Gasteiger partial charge in [0, 0.05) is 30.6 Å². The molecule has 1 saturated carbocycles. The van der Waals surface area contributed by atoms with E-state index >= 15 is 0 Å². The summed E-state index contributed by atoms with van der Waals surface area (Å²) in [5.41, 5.74) is 3.36. The van der Waals surface area contributed by atoms with Crippen molar-refractivity contribution in [2.75, 3.05) is 25.5 Å². The van der Waals surface area contributed by atoms with Gasteiger partial charge in [-0.1, -0.05) is 6.08 Å². The molecule has 0 spiro atoms. The number of H-pyrrole nitrogens is 1. The van der Waals surface area contributed by atoms with E-state index in [1.165, 1.54) is 11.1 Å². The Morgan fingerprint density at radius 3 is 3.05 bits per heavy atom. The lowest BCUT2D eigenvalue weighted by Gasteiger charge is -2.22. The highest BCUT2D eigenvalue weighted by Gasteiger charge is 2.30. The molecule has 114 valence electrons. The van der Waals surface area contributed by atoms with Crippen molar-refractivity contribution >= 4 is 28.3 Å². The summed E-state index contributed by atoms with van der Waals surface area (Å²) in [6.45, 7) is 2.02. The first-order valence-corrected chi connectivity index (χ1v) is 7.87. The highest BCUT2D eigenvalue weighted by molar-refractivity contribution is 5.97. The number of likely N-dealkylation sites (N-methyl/N-ethyl adjacent to an activating group) is 1. The van der Waals surface area contributed by atoms with Crippen molar-refractivity contribution in [1.29, 1.82) is 0 Å². The first-order chi connectivity index (χ1) is 10.7. The Morgan fingerprint density at radius 1 is 1.45 bits per heavy atom. The molecule has 0 aromatic carbocycles. The molecule has 2 aliphatic rings. The van der Waals surface area contributed by atoms with Gasteiger partial charge in [0.1, 0.15) is 11.5 Å². The highest BCUT2D eigenvalue weighted by atomic mass is 16.2. The van der Waals surface area contributed by atoms with E-state index in [4.69, 9.17) is 0 Å². The molecule has 22 heavy (non-hydrogen) atoms. The summed E-state index contributed by atoms with van der Waals surface area (Å²) in [6, 6.07) is 4.08. The molecule has 0 bridgehead atoms. The van der Waals surface area contributed by atoms with Crippen molar-refractivity contribution < 1.29 is 4.79 Å². The summed E-state index contributed by atoms with van der Waals surface area (Å²) in [6.07, 6.45) is 7.21. The second kappa shape index (κ2) is 5.25. The van der Waals surface area contributed by atoms with Crippen LogP contribution in [0, 0.1) is 5.92 Å². The van der Waals surface area contributed by atoms with Crippen LogP contribution < -0.4 is 5.32 Å². The van der Waals surface area contributed by atoms with Crippen molar-refractivity contribution in [2.45, 2.75) is 19.3 Å². The molecule has 0 unspecified atom stereocenters. The predicted octanol–water partition coefficient (Wildman–Crippen LogP) is 2.63. The van der Waals surface area contributed by atoms with Gasteiger partial charge in [0.05, 0.1) is 0 Å². The Balaban J connectivity index is 1.72. The average molecular weight is 296 g/mol. The van der Waals surface area contributed by atoms with E-state index in [-0.39, 0.29) is 11.8 Å². The lowest BCUT2D eigenvalue weighted by atomic mass is 9.98. The Labute approximate surface area is 129 Å². The van der Waals surface area contributed by atoms with Crippen LogP contribution in [0.3, 0.4) is 0 Å². The molecule has 5 nitrogen and oxygen atoms in total. The molecule has 1 fully saturated rings. The number of nitrogens with one attached hydrogen (secondary N) is 2. The summed E-state index contributed by atoms with van der Waals surface area (Å²) >= 11 is 0. The highest BCUT2D eigenvalue weighted by Crippen LogP contribution is 2.32. The fraction of sp³-hybridized carbons (Fsp3) is 0.412. The fourth-order valence-corrected chi connectivity index (χ4v) is 2.96. The zero-order valence-corrected chi connectivity index (χ0v) is 12.7. The minimum Gasteiger partial charge on any atom is -0.346 e. The van der Waals surface area contributed by atoms with Gasteiger partial charge in [-0.3, -0.25) is 4.79 Å². The number of nitrogens with zero attached hydrogens (tertiary/aromatic N) is 2. The molecular weight excluding hydrogens is 276 g/mol. The smallest absolute Gasteiger partial charge is 0.228 e. The van der Waals surface area contributed by atoms with Crippen LogP contribution in [0.4, 0.5) is 5.82 Å². The summed E-state index contributed by atoms with van der Waals surface area (Å²) < 4.78 is 0. The van der Waals surface area contributed by atoms with E-state index in [9.17, 15) is 4.79 Å². The number of carbonyl (C=O) groups is 1. The second-order valence-corrected chi connectivity index (χ2v) is 6.30. The first-order valence-electron chi connectivity index (χ1n) is 7.87. The monoisotopic (exact) mass is 296 g/mol. The van der Waals surface area contributed by atoms with E-state index in [0.29, 0.717) is 5.82 Å². The molecule has 1 aliphatic heterocycles. The molecule has 2 aromatic heterocycles. The maximum absolute atomic E-state index is 12.0. The standard InChI is InChI=1S/C17H20N4O/c1-21-8-5-11(6-9-21)14-10-15(20-17(22)12-2-3-12)19-16-13(14)4-7-18-16/h4-5,7,10,12H,2-3,6,8-9H2,1H3,(H2,18,19,20,22). The minimum atomic E-state index is 0.0988. The van der Waals surface area contributed by atoms with Gasteiger partial charge in [-0.15, -0.1) is 0 Å². The largest absolute Gasteiger partial charge is 0.346 e. The molecule has 0 saturated heterocycles. The van der Waals surface area contributed by atoms with Crippen LogP contribution in [0.5, 0.6) is 0 Å². The average Bonchev–Trinajstić information content (AvgIpc) is 3.26. The third-order valence-corrected chi connectivity index (χ3v) is 4.49. The predicted molar refractivity (Wildman–Crippen MR) is 87.5 cm³/mol. The van der Waals surface area contributed by atoms with Gasteiger partial charge < -0.3 is 15.2 Å². The summed E-state index contributed by atoms with van der Waals surface area (Å²) in [7, 11) is 2.13. The van der Waals surface area contributed by atoms with Gasteiger partial charge in [-0.2, -0.15) is 0 Å². The number of pyridine rings is 1. The van der Waals surface area contributed by atoms with E-state index < -0.39 is 0 Å². The second-order valence-electron chi connectivity index (χ2n) is 6.30. The summed E-state index contributed by atoms with van der Waals surface area (Å²) in [5.74, 6) is 0.940. The number of fused-ring (bicyclic) bond motifs is 1. The van der Waals surface area contributed by atoms with Crippen LogP contribution in [-0.4, -0.2) is 40.9 Å². The van der Waals surface area contributed by atoms with Crippen LogP contribution in [0.25, 0.3) is 16.6 Å². The number of aromatic amines is 1. The Morgan fingerprint density at radius 2 is 2.32 bits per heavy atom. The molecule has 5 heteroatoms. The molecule has 1 amide bonds. The first kappa shape index (κ1) is 13.5. The van der Waals surface area contributed by atoms with Crippen molar-refractivity contribution in [1.82, 2.24) is 14.9 Å². The molecule has 3 heterocycles. The van der Waals surface area contributed by atoms with Crippen LogP contribution in [0.15, 0.2) is 24.4 Å². The zero-order valence-electron chi connectivity index (χ0n) is 12.7. The molecule has 0 atom stereocenters. The molecule has 0 radical (unpaired) electrons.